The standard InChI is InChI=1S/C10H15.3ClH.Hf/c1-7-6-10(4,5)9(3)8(7)2;;;;/h1-5H3;3*1H;/q-1;;;;+4/p-3. The molecule has 1 aliphatic carbocycles. The van der Waals surface area contributed by atoms with Crippen molar-refractivity contribution < 1.29 is 63.1 Å². The summed E-state index contributed by atoms with van der Waals surface area (Å²) >= 11 is 0. The second-order valence-electron chi connectivity index (χ2n) is 3.62. The van der Waals surface area contributed by atoms with E-state index in [1.807, 2.05) is 0 Å². The minimum Gasteiger partial charge on any atom is -1.00 e. The van der Waals surface area contributed by atoms with E-state index in [4.69, 9.17) is 0 Å². The van der Waals surface area contributed by atoms with Crippen molar-refractivity contribution >= 4 is 0 Å². The molecule has 0 radical (unpaired) electrons. The Labute approximate surface area is 125 Å². The smallest absolute Gasteiger partial charge is 1.00 e. The summed E-state index contributed by atoms with van der Waals surface area (Å²) in [4.78, 5) is 0. The van der Waals surface area contributed by atoms with E-state index < -0.39 is 0 Å². The Balaban J connectivity index is -0.000000125. The zero-order valence-corrected chi connectivity index (χ0v) is 15.0. The van der Waals surface area contributed by atoms with Crippen LogP contribution in [-0.2, 0) is 25.8 Å². The number of hydrogen-bond acceptors (Lipinski definition) is 0. The number of halogens is 3. The van der Waals surface area contributed by atoms with E-state index in [-0.39, 0.29) is 68.5 Å². The van der Waals surface area contributed by atoms with Crippen LogP contribution in [0.15, 0.2) is 16.7 Å². The first-order valence-corrected chi connectivity index (χ1v) is 3.75. The molecule has 4 heteroatoms. The molecule has 0 bridgehead atoms. The summed E-state index contributed by atoms with van der Waals surface area (Å²) in [5.74, 6) is 0. The second kappa shape index (κ2) is 8.38. The average molecular weight is 420 g/mol. The third-order valence-electron chi connectivity index (χ3n) is 2.56. The van der Waals surface area contributed by atoms with E-state index in [0.29, 0.717) is 0 Å². The van der Waals surface area contributed by atoms with Gasteiger partial charge in [0.25, 0.3) is 0 Å². The topological polar surface area (TPSA) is 0 Å². The van der Waals surface area contributed by atoms with Crippen LogP contribution in [0.4, 0.5) is 0 Å². The normalized spacial score (nSPS) is 16.8. The molecule has 1 aliphatic rings. The SMILES string of the molecule is CC1=[C-]C(C)(C)C(C)=C1C.[Cl-].[Cl-].[Cl-].[Hf+4]. The summed E-state index contributed by atoms with van der Waals surface area (Å²) in [5.41, 5.74) is 4.39. The Morgan fingerprint density at radius 2 is 1.29 bits per heavy atom. The fourth-order valence-electron chi connectivity index (χ4n) is 1.41. The van der Waals surface area contributed by atoms with Gasteiger partial charge in [-0.1, -0.05) is 33.1 Å². The van der Waals surface area contributed by atoms with E-state index in [1.54, 1.807) is 0 Å². The Hall–Kier alpha value is 1.22. The average Bonchev–Trinajstić information content (AvgIpc) is 1.95. The molecule has 0 fully saturated rings. The van der Waals surface area contributed by atoms with Crippen LogP contribution in [0.1, 0.15) is 34.6 Å². The van der Waals surface area contributed by atoms with Crippen LogP contribution >= 0.6 is 0 Å². The van der Waals surface area contributed by atoms with Gasteiger partial charge in [-0.15, -0.1) is 6.92 Å². The quantitative estimate of drug-likeness (QED) is 0.271. The van der Waals surface area contributed by atoms with E-state index in [1.165, 1.54) is 16.7 Å². The summed E-state index contributed by atoms with van der Waals surface area (Å²) < 4.78 is 0. The fourth-order valence-corrected chi connectivity index (χ4v) is 1.41. The molecule has 0 N–H and O–H groups in total. The van der Waals surface area contributed by atoms with Crippen molar-refractivity contribution in [3.8, 4) is 0 Å². The minimum absolute atomic E-state index is 0. The number of hydrogen-bond donors (Lipinski definition) is 0. The molecule has 0 saturated carbocycles. The van der Waals surface area contributed by atoms with Gasteiger partial charge in [-0.2, -0.15) is 11.1 Å². The predicted molar refractivity (Wildman–Crippen MR) is 44.6 cm³/mol. The van der Waals surface area contributed by atoms with Crippen molar-refractivity contribution in [2.24, 2.45) is 5.41 Å². The first-order valence-electron chi connectivity index (χ1n) is 3.75. The molecule has 0 nitrogen and oxygen atoms in total. The Morgan fingerprint density at radius 1 is 0.929 bits per heavy atom. The van der Waals surface area contributed by atoms with Crippen LogP contribution in [0, 0.1) is 11.5 Å². The van der Waals surface area contributed by atoms with E-state index in [9.17, 15) is 0 Å². The van der Waals surface area contributed by atoms with Crippen LogP contribution in [0.3, 0.4) is 0 Å². The van der Waals surface area contributed by atoms with Gasteiger partial charge in [0, 0.05) is 0 Å². The molecule has 0 aromatic rings. The fraction of sp³-hybridized carbons (Fsp3) is 0.600. The van der Waals surface area contributed by atoms with Gasteiger partial charge in [0.15, 0.2) is 0 Å². The van der Waals surface area contributed by atoms with Gasteiger partial charge in [-0.05, 0) is 0 Å². The largest absolute Gasteiger partial charge is 4.00 e. The summed E-state index contributed by atoms with van der Waals surface area (Å²) in [6, 6.07) is 0. The molecular formula is C10H15Cl3Hf. The predicted octanol–water partition coefficient (Wildman–Crippen LogP) is -5.88. The monoisotopic (exact) mass is 420 g/mol. The van der Waals surface area contributed by atoms with E-state index >= 15 is 0 Å². The van der Waals surface area contributed by atoms with Crippen molar-refractivity contribution in [3.63, 3.8) is 0 Å². The van der Waals surface area contributed by atoms with E-state index in [0.717, 1.165) is 0 Å². The third kappa shape index (κ3) is 4.83. The van der Waals surface area contributed by atoms with Crippen LogP contribution in [0.2, 0.25) is 0 Å². The second-order valence-corrected chi connectivity index (χ2v) is 3.62. The summed E-state index contributed by atoms with van der Waals surface area (Å²) in [7, 11) is 0. The van der Waals surface area contributed by atoms with Crippen LogP contribution in [-0.4, -0.2) is 0 Å². The van der Waals surface area contributed by atoms with Gasteiger partial charge < -0.3 is 37.2 Å². The van der Waals surface area contributed by atoms with Gasteiger partial charge in [0.2, 0.25) is 0 Å². The molecule has 0 aliphatic heterocycles. The Kier molecular flexibility index (Phi) is 14.6. The molecule has 0 aromatic carbocycles. The summed E-state index contributed by atoms with van der Waals surface area (Å²) in [5, 5.41) is 0. The van der Waals surface area contributed by atoms with Gasteiger partial charge in [0.05, 0.1) is 0 Å². The minimum atomic E-state index is 0. The summed E-state index contributed by atoms with van der Waals surface area (Å²) in [6.45, 7) is 10.9. The van der Waals surface area contributed by atoms with Gasteiger partial charge in [-0.3, -0.25) is 6.08 Å². The molecule has 80 valence electrons. The molecule has 0 heterocycles. The maximum absolute atomic E-state index is 3.44. The van der Waals surface area contributed by atoms with Crippen molar-refractivity contribution in [3.05, 3.63) is 22.8 Å². The Morgan fingerprint density at radius 3 is 1.36 bits per heavy atom. The van der Waals surface area contributed by atoms with Crippen molar-refractivity contribution in [1.82, 2.24) is 0 Å². The number of allylic oxidation sites excluding steroid dienone is 4. The molecule has 14 heavy (non-hydrogen) atoms. The molecule has 0 atom stereocenters. The third-order valence-corrected chi connectivity index (χ3v) is 2.56. The first kappa shape index (κ1) is 24.4. The van der Waals surface area contributed by atoms with Gasteiger partial charge >= 0.3 is 25.8 Å². The maximum Gasteiger partial charge on any atom is 4.00 e. The first-order chi connectivity index (χ1) is 4.45. The zero-order valence-electron chi connectivity index (χ0n) is 9.13. The van der Waals surface area contributed by atoms with Crippen molar-refractivity contribution in [2.45, 2.75) is 34.6 Å². The maximum atomic E-state index is 3.44. The van der Waals surface area contributed by atoms with E-state index in [2.05, 4.69) is 40.7 Å². The molecular weight excluding hydrogens is 405 g/mol. The van der Waals surface area contributed by atoms with Crippen LogP contribution in [0.5, 0.6) is 0 Å². The van der Waals surface area contributed by atoms with Gasteiger partial charge in [-0.25, -0.2) is 5.57 Å². The molecule has 0 amide bonds. The molecule has 0 aromatic heterocycles. The molecule has 0 unspecified atom stereocenters. The van der Waals surface area contributed by atoms with Crippen molar-refractivity contribution in [2.75, 3.05) is 0 Å². The number of rotatable bonds is 0. The molecule has 0 saturated heterocycles. The van der Waals surface area contributed by atoms with Crippen LogP contribution in [0.25, 0.3) is 0 Å². The van der Waals surface area contributed by atoms with Gasteiger partial charge in [0.1, 0.15) is 0 Å². The summed E-state index contributed by atoms with van der Waals surface area (Å²) in [6.07, 6.45) is 3.44. The van der Waals surface area contributed by atoms with Crippen LogP contribution < -0.4 is 37.2 Å². The molecule has 1 rings (SSSR count). The zero-order chi connectivity index (χ0) is 7.94. The van der Waals surface area contributed by atoms with Crippen molar-refractivity contribution in [1.29, 1.82) is 0 Å². The molecule has 0 spiro atoms. The Bertz CT molecular complexity index is 230.